The van der Waals surface area contributed by atoms with Gasteiger partial charge in [-0.3, -0.25) is 4.79 Å². The highest BCUT2D eigenvalue weighted by molar-refractivity contribution is 7.89. The topological polar surface area (TPSA) is 66.9 Å². The van der Waals surface area contributed by atoms with Crippen molar-refractivity contribution in [3.8, 4) is 5.75 Å². The van der Waals surface area contributed by atoms with E-state index in [1.165, 1.54) is 23.5 Å². The van der Waals surface area contributed by atoms with Gasteiger partial charge in [0, 0.05) is 26.2 Å². The summed E-state index contributed by atoms with van der Waals surface area (Å²) < 4.78 is 34.6. The summed E-state index contributed by atoms with van der Waals surface area (Å²) in [6.45, 7) is 1.79. The number of benzene rings is 3. The first kappa shape index (κ1) is 24.0. The fourth-order valence-corrected chi connectivity index (χ4v) is 5.67. The molecule has 4 rings (SSSR count). The van der Waals surface area contributed by atoms with Crippen LogP contribution < -0.4 is 4.74 Å². The zero-order valence-electron chi connectivity index (χ0n) is 19.4. The van der Waals surface area contributed by atoms with Gasteiger partial charge in [-0.15, -0.1) is 0 Å². The molecule has 0 spiro atoms. The Morgan fingerprint density at radius 1 is 0.853 bits per heavy atom. The Kier molecular flexibility index (Phi) is 7.65. The molecule has 0 radical (unpaired) electrons. The molecule has 1 aliphatic heterocycles. The largest absolute Gasteiger partial charge is 0.496 e. The van der Waals surface area contributed by atoms with Crippen LogP contribution in [0.4, 0.5) is 0 Å². The molecule has 0 unspecified atom stereocenters. The Bertz CT molecular complexity index is 1170. The molecule has 0 saturated carbocycles. The second-order valence-corrected chi connectivity index (χ2v) is 10.4. The summed E-state index contributed by atoms with van der Waals surface area (Å²) >= 11 is 0. The van der Waals surface area contributed by atoms with Crippen molar-refractivity contribution in [2.45, 2.75) is 37.2 Å². The van der Waals surface area contributed by atoms with E-state index >= 15 is 0 Å². The van der Waals surface area contributed by atoms with Crippen molar-refractivity contribution >= 4 is 15.9 Å². The summed E-state index contributed by atoms with van der Waals surface area (Å²) in [5, 5.41) is 0. The predicted molar refractivity (Wildman–Crippen MR) is 132 cm³/mol. The number of hydrogen-bond acceptors (Lipinski definition) is 4. The van der Waals surface area contributed by atoms with Crippen LogP contribution in [0.15, 0.2) is 83.8 Å². The zero-order valence-corrected chi connectivity index (χ0v) is 20.2. The second kappa shape index (κ2) is 10.8. The monoisotopic (exact) mass is 478 g/mol. The number of piperidine rings is 1. The molecule has 7 heteroatoms. The quantitative estimate of drug-likeness (QED) is 0.470. The van der Waals surface area contributed by atoms with Gasteiger partial charge < -0.3 is 9.64 Å². The van der Waals surface area contributed by atoms with E-state index < -0.39 is 10.0 Å². The van der Waals surface area contributed by atoms with Crippen LogP contribution in [-0.2, 0) is 23.1 Å². The van der Waals surface area contributed by atoms with Gasteiger partial charge >= 0.3 is 0 Å². The molecule has 6 nitrogen and oxygen atoms in total. The lowest BCUT2D eigenvalue weighted by Gasteiger charge is -2.28. The molecule has 1 aliphatic rings. The highest BCUT2D eigenvalue weighted by Crippen LogP contribution is 2.28. The van der Waals surface area contributed by atoms with Gasteiger partial charge in [-0.2, -0.15) is 4.31 Å². The first-order valence-corrected chi connectivity index (χ1v) is 13.0. The Balaban J connectivity index is 1.70. The summed E-state index contributed by atoms with van der Waals surface area (Å²) in [7, 11) is -2.41. The van der Waals surface area contributed by atoms with E-state index in [1.54, 1.807) is 11.0 Å². The van der Waals surface area contributed by atoms with Crippen LogP contribution in [0.25, 0.3) is 0 Å². The number of amides is 1. The summed E-state index contributed by atoms with van der Waals surface area (Å²) in [6, 6.07) is 23.6. The first-order valence-electron chi connectivity index (χ1n) is 11.5. The number of hydrogen-bond donors (Lipinski definition) is 0. The molecular weight excluding hydrogens is 448 g/mol. The van der Waals surface area contributed by atoms with Crippen LogP contribution in [-0.4, -0.2) is 43.7 Å². The van der Waals surface area contributed by atoms with Crippen molar-refractivity contribution in [2.75, 3.05) is 20.2 Å². The Morgan fingerprint density at radius 2 is 1.41 bits per heavy atom. The van der Waals surface area contributed by atoms with Crippen molar-refractivity contribution in [3.63, 3.8) is 0 Å². The lowest BCUT2D eigenvalue weighted by Crippen LogP contribution is -2.36. The fourth-order valence-electron chi connectivity index (χ4n) is 4.23. The van der Waals surface area contributed by atoms with Crippen molar-refractivity contribution < 1.29 is 17.9 Å². The van der Waals surface area contributed by atoms with Gasteiger partial charge in [-0.05, 0) is 48.6 Å². The molecule has 0 aromatic heterocycles. The van der Waals surface area contributed by atoms with E-state index in [0.717, 1.165) is 30.4 Å². The van der Waals surface area contributed by atoms with Gasteiger partial charge in [0.05, 0.1) is 17.6 Å². The highest BCUT2D eigenvalue weighted by atomic mass is 32.2. The van der Waals surface area contributed by atoms with Crippen LogP contribution in [0.5, 0.6) is 5.75 Å². The van der Waals surface area contributed by atoms with Gasteiger partial charge in [0.25, 0.3) is 5.91 Å². The first-order chi connectivity index (χ1) is 16.5. The van der Waals surface area contributed by atoms with Gasteiger partial charge in [0.2, 0.25) is 10.0 Å². The minimum atomic E-state index is -3.90. The Morgan fingerprint density at radius 3 is 1.94 bits per heavy atom. The lowest BCUT2D eigenvalue weighted by molar-refractivity contribution is 0.0720. The average Bonchev–Trinajstić information content (AvgIpc) is 2.89. The van der Waals surface area contributed by atoms with Crippen LogP contribution in [0.1, 0.15) is 40.7 Å². The summed E-state index contributed by atoms with van der Waals surface area (Å²) in [5.41, 5.74) is 2.06. The van der Waals surface area contributed by atoms with Gasteiger partial charge in [-0.1, -0.05) is 60.7 Å². The minimum absolute atomic E-state index is 0.0838. The number of ether oxygens (including phenoxy) is 1. The normalized spacial score (nSPS) is 14.2. The summed E-state index contributed by atoms with van der Waals surface area (Å²) in [5.74, 6) is 0.193. The zero-order chi connectivity index (χ0) is 24.0. The van der Waals surface area contributed by atoms with Gasteiger partial charge in [0.1, 0.15) is 5.75 Å². The number of carbonyl (C=O) groups is 1. The van der Waals surface area contributed by atoms with Crippen molar-refractivity contribution in [1.29, 1.82) is 0 Å². The molecule has 3 aromatic rings. The van der Waals surface area contributed by atoms with Crippen molar-refractivity contribution in [2.24, 2.45) is 0 Å². The van der Waals surface area contributed by atoms with Crippen LogP contribution in [0, 0.1) is 0 Å². The molecular formula is C27H30N2O4S. The maximum absolute atomic E-state index is 13.9. The predicted octanol–water partition coefficient (Wildman–Crippen LogP) is 4.71. The molecule has 0 N–H and O–H groups in total. The highest BCUT2D eigenvalue weighted by Gasteiger charge is 2.28. The third-order valence-corrected chi connectivity index (χ3v) is 7.87. The maximum Gasteiger partial charge on any atom is 0.257 e. The van der Waals surface area contributed by atoms with E-state index in [4.69, 9.17) is 4.74 Å². The fraction of sp³-hybridized carbons (Fsp3) is 0.296. The van der Waals surface area contributed by atoms with Crippen molar-refractivity contribution in [1.82, 2.24) is 9.21 Å². The smallest absolute Gasteiger partial charge is 0.257 e. The molecule has 0 bridgehead atoms. The number of sulfonamides is 1. The van der Waals surface area contributed by atoms with Crippen LogP contribution in [0.3, 0.4) is 0 Å². The molecule has 3 aromatic carbocycles. The van der Waals surface area contributed by atoms with E-state index in [1.807, 2.05) is 60.7 Å². The second-order valence-electron chi connectivity index (χ2n) is 8.46. The molecule has 1 fully saturated rings. The Hall–Kier alpha value is -3.16. The summed E-state index contributed by atoms with van der Waals surface area (Å²) in [6.07, 6.45) is 3.01. The SMILES string of the molecule is COc1ccc(S(=O)(=O)N(Cc2ccccc2)Cc2ccccc2)cc1C(=O)N1CCCCC1. The number of rotatable bonds is 8. The maximum atomic E-state index is 13.9. The molecule has 1 heterocycles. The number of carbonyl (C=O) groups excluding carboxylic acids is 1. The van der Waals surface area contributed by atoms with Crippen LogP contribution >= 0.6 is 0 Å². The average molecular weight is 479 g/mol. The molecule has 34 heavy (non-hydrogen) atoms. The number of likely N-dealkylation sites (tertiary alicyclic amines) is 1. The lowest BCUT2D eigenvalue weighted by atomic mass is 10.1. The molecule has 178 valence electrons. The van der Waals surface area contributed by atoms with Crippen LogP contribution in [0.2, 0.25) is 0 Å². The summed E-state index contributed by atoms with van der Waals surface area (Å²) in [4.78, 5) is 15.1. The van der Waals surface area contributed by atoms with E-state index in [9.17, 15) is 13.2 Å². The number of nitrogens with zero attached hydrogens (tertiary/aromatic N) is 2. The molecule has 1 saturated heterocycles. The molecule has 0 aliphatic carbocycles. The third-order valence-electron chi connectivity index (χ3n) is 6.09. The van der Waals surface area contributed by atoms with E-state index in [-0.39, 0.29) is 29.5 Å². The standard InChI is InChI=1S/C27H30N2O4S/c1-33-26-16-15-24(19-25(26)27(30)28-17-9-4-10-18-28)34(31,32)29(20-22-11-5-2-6-12-22)21-23-13-7-3-8-14-23/h2-3,5-8,11-16,19H,4,9-10,17-18,20-21H2,1H3. The van der Waals surface area contributed by atoms with E-state index in [0.29, 0.717) is 18.8 Å². The Labute approximate surface area is 201 Å². The number of methoxy groups -OCH3 is 1. The van der Waals surface area contributed by atoms with Gasteiger partial charge in [-0.25, -0.2) is 8.42 Å². The van der Waals surface area contributed by atoms with E-state index in [2.05, 4.69) is 0 Å². The molecule has 0 atom stereocenters. The molecule has 1 amide bonds. The van der Waals surface area contributed by atoms with Crippen molar-refractivity contribution in [3.05, 3.63) is 95.6 Å². The van der Waals surface area contributed by atoms with Gasteiger partial charge in [0.15, 0.2) is 0 Å². The third kappa shape index (κ3) is 5.48. The minimum Gasteiger partial charge on any atom is -0.496 e.